The van der Waals surface area contributed by atoms with Gasteiger partial charge in [0.15, 0.2) is 0 Å². The van der Waals surface area contributed by atoms with E-state index in [9.17, 15) is 14.0 Å². The average Bonchev–Trinajstić information content (AvgIpc) is 2.73. The number of benzene rings is 2. The number of nitrogens with one attached hydrogen (secondary N) is 2. The number of hydrazine groups is 1. The molecule has 0 aliphatic carbocycles. The highest BCUT2D eigenvalue weighted by Crippen LogP contribution is 2.15. The summed E-state index contributed by atoms with van der Waals surface area (Å²) < 4.78 is 13.9. The van der Waals surface area contributed by atoms with Crippen LogP contribution in [-0.2, 0) is 11.2 Å². The normalized spacial score (nSPS) is 12.2. The first-order valence-electron chi connectivity index (χ1n) is 8.99. The summed E-state index contributed by atoms with van der Waals surface area (Å²) in [7, 11) is 0. The summed E-state index contributed by atoms with van der Waals surface area (Å²) in [5.74, 6) is 4.64. The van der Waals surface area contributed by atoms with E-state index in [0.717, 1.165) is 10.0 Å². The fourth-order valence-electron chi connectivity index (χ4n) is 2.66. The first-order valence-corrected chi connectivity index (χ1v) is 9.78. The molecule has 0 aliphatic heterocycles. The molecule has 2 aromatic rings. The highest BCUT2D eigenvalue weighted by atomic mass is 79.9. The van der Waals surface area contributed by atoms with E-state index in [2.05, 4.69) is 21.2 Å². The van der Waals surface area contributed by atoms with Gasteiger partial charge in [0.25, 0.3) is 5.91 Å². The van der Waals surface area contributed by atoms with E-state index in [1.54, 1.807) is 5.48 Å². The van der Waals surface area contributed by atoms with Crippen molar-refractivity contribution < 1.29 is 19.2 Å². The number of nitrogens with zero attached hydrogens (tertiary/aromatic N) is 1. The molecular formula is C20H23BrFN5O3. The largest absolute Gasteiger partial charge is 0.399 e. The van der Waals surface area contributed by atoms with Crippen LogP contribution in [0, 0.1) is 5.82 Å². The Morgan fingerprint density at radius 3 is 2.40 bits per heavy atom. The zero-order valence-corrected chi connectivity index (χ0v) is 17.6. The van der Waals surface area contributed by atoms with Crippen LogP contribution in [0.4, 0.5) is 4.39 Å². The molecule has 0 saturated heterocycles. The van der Waals surface area contributed by atoms with Crippen molar-refractivity contribution in [1.82, 2.24) is 15.8 Å². The van der Waals surface area contributed by atoms with E-state index in [-0.39, 0.29) is 18.7 Å². The summed E-state index contributed by atoms with van der Waals surface area (Å²) in [5, 5.41) is 12.7. The molecule has 1 atom stereocenters. The number of nitrogens with two attached hydrogens (primary N) is 2. The van der Waals surface area contributed by atoms with Gasteiger partial charge in [-0.15, -0.1) is 0 Å². The second-order valence-corrected chi connectivity index (χ2v) is 7.48. The van der Waals surface area contributed by atoms with E-state index in [0.29, 0.717) is 12.0 Å². The molecule has 7 N–H and O–H groups in total. The molecule has 0 aromatic heterocycles. The van der Waals surface area contributed by atoms with Crippen molar-refractivity contribution in [2.45, 2.75) is 18.9 Å². The standard InChI is InChI=1S/C20H23BrFN5O3/c21-15-5-1-13(2-6-15)9-18(10-19(28)26-30)27(24)12-17(23)11-25-20(29)14-3-7-16(22)8-4-14/h1-8,12,18,30H,9-11,23-24H2,(H,25,29)(H,26,28)/b17-12-. The highest BCUT2D eigenvalue weighted by molar-refractivity contribution is 9.10. The third-order valence-corrected chi connectivity index (χ3v) is 4.75. The molecule has 2 amide bonds. The molecule has 2 aromatic carbocycles. The lowest BCUT2D eigenvalue weighted by Gasteiger charge is -2.26. The zero-order chi connectivity index (χ0) is 22.1. The molecule has 0 saturated carbocycles. The minimum absolute atomic E-state index is 0.00110. The molecule has 30 heavy (non-hydrogen) atoms. The Balaban J connectivity index is 2.01. The van der Waals surface area contributed by atoms with Gasteiger partial charge in [-0.3, -0.25) is 14.8 Å². The van der Waals surface area contributed by atoms with E-state index in [1.807, 2.05) is 24.3 Å². The van der Waals surface area contributed by atoms with Gasteiger partial charge >= 0.3 is 0 Å². The Hall–Kier alpha value is -2.95. The van der Waals surface area contributed by atoms with Crippen LogP contribution in [-0.4, -0.2) is 34.6 Å². The minimum atomic E-state index is -0.593. The molecule has 0 bridgehead atoms. The van der Waals surface area contributed by atoms with Gasteiger partial charge < -0.3 is 16.1 Å². The topological polar surface area (TPSA) is 134 Å². The molecule has 8 nitrogen and oxygen atoms in total. The van der Waals surface area contributed by atoms with Crippen LogP contribution in [0.2, 0.25) is 0 Å². The van der Waals surface area contributed by atoms with Gasteiger partial charge in [-0.05, 0) is 48.4 Å². The first-order chi connectivity index (χ1) is 14.3. The average molecular weight is 480 g/mol. The molecule has 0 heterocycles. The maximum atomic E-state index is 12.9. The van der Waals surface area contributed by atoms with Gasteiger partial charge in [-0.1, -0.05) is 28.1 Å². The molecule has 0 aliphatic rings. The maximum Gasteiger partial charge on any atom is 0.251 e. The summed E-state index contributed by atoms with van der Waals surface area (Å²) in [6.45, 7) is 0.00110. The molecular weight excluding hydrogens is 457 g/mol. The van der Waals surface area contributed by atoms with E-state index >= 15 is 0 Å². The van der Waals surface area contributed by atoms with Gasteiger partial charge in [0.1, 0.15) is 5.82 Å². The molecule has 10 heteroatoms. The van der Waals surface area contributed by atoms with Crippen molar-refractivity contribution >= 4 is 27.7 Å². The molecule has 1 unspecified atom stereocenters. The number of carbonyl (C=O) groups excluding carboxylic acids is 2. The number of halogens is 2. The van der Waals surface area contributed by atoms with E-state index < -0.39 is 23.7 Å². The highest BCUT2D eigenvalue weighted by Gasteiger charge is 2.19. The van der Waals surface area contributed by atoms with Crippen molar-refractivity contribution in [3.05, 3.63) is 81.8 Å². The molecule has 0 spiro atoms. The predicted octanol–water partition coefficient (Wildman–Crippen LogP) is 1.80. The lowest BCUT2D eigenvalue weighted by atomic mass is 10.0. The summed E-state index contributed by atoms with van der Waals surface area (Å²) in [6, 6.07) is 12.1. The molecule has 0 radical (unpaired) electrons. The number of hydroxylamine groups is 1. The predicted molar refractivity (Wildman–Crippen MR) is 113 cm³/mol. The van der Waals surface area contributed by atoms with Crippen LogP contribution in [0.3, 0.4) is 0 Å². The number of rotatable bonds is 9. The van der Waals surface area contributed by atoms with Crippen LogP contribution in [0.15, 0.2) is 64.9 Å². The van der Waals surface area contributed by atoms with Crippen molar-refractivity contribution in [2.24, 2.45) is 11.6 Å². The third kappa shape index (κ3) is 7.47. The number of hydrogen-bond donors (Lipinski definition) is 5. The Morgan fingerprint density at radius 1 is 1.17 bits per heavy atom. The lowest BCUT2D eigenvalue weighted by molar-refractivity contribution is -0.130. The maximum absolute atomic E-state index is 12.9. The van der Waals surface area contributed by atoms with Gasteiger partial charge in [-0.2, -0.15) is 0 Å². The van der Waals surface area contributed by atoms with Crippen molar-refractivity contribution in [1.29, 1.82) is 0 Å². The number of carbonyl (C=O) groups is 2. The Kier molecular flexibility index (Phi) is 8.78. The summed E-state index contributed by atoms with van der Waals surface area (Å²) >= 11 is 3.36. The fourth-order valence-corrected chi connectivity index (χ4v) is 2.93. The van der Waals surface area contributed by atoms with Crippen LogP contribution >= 0.6 is 15.9 Å². The van der Waals surface area contributed by atoms with Crippen molar-refractivity contribution in [3.63, 3.8) is 0 Å². The van der Waals surface area contributed by atoms with Gasteiger partial charge in [-0.25, -0.2) is 15.7 Å². The van der Waals surface area contributed by atoms with Crippen LogP contribution in [0.5, 0.6) is 0 Å². The van der Waals surface area contributed by atoms with Gasteiger partial charge in [0, 0.05) is 21.9 Å². The minimum Gasteiger partial charge on any atom is -0.399 e. The second kappa shape index (κ2) is 11.3. The van der Waals surface area contributed by atoms with Crippen LogP contribution < -0.4 is 22.4 Å². The molecule has 160 valence electrons. The molecule has 0 fully saturated rings. The number of hydrogen-bond acceptors (Lipinski definition) is 6. The van der Waals surface area contributed by atoms with E-state index in [4.69, 9.17) is 16.8 Å². The van der Waals surface area contributed by atoms with E-state index in [1.165, 1.54) is 35.5 Å². The van der Waals surface area contributed by atoms with Gasteiger partial charge in [0.2, 0.25) is 5.91 Å². The second-order valence-electron chi connectivity index (χ2n) is 6.56. The van der Waals surface area contributed by atoms with Crippen molar-refractivity contribution in [2.75, 3.05) is 6.54 Å². The van der Waals surface area contributed by atoms with Gasteiger partial charge in [0.05, 0.1) is 19.0 Å². The van der Waals surface area contributed by atoms with Crippen molar-refractivity contribution in [3.8, 4) is 0 Å². The fraction of sp³-hybridized carbons (Fsp3) is 0.200. The number of amides is 2. The molecule has 2 rings (SSSR count). The van der Waals surface area contributed by atoms with Crippen LogP contribution in [0.1, 0.15) is 22.3 Å². The lowest BCUT2D eigenvalue weighted by Crippen LogP contribution is -2.42. The van der Waals surface area contributed by atoms with Crippen LogP contribution in [0.25, 0.3) is 0 Å². The Morgan fingerprint density at radius 2 is 1.80 bits per heavy atom. The summed E-state index contributed by atoms with van der Waals surface area (Å²) in [5.41, 5.74) is 9.02. The Bertz CT molecular complexity index is 890. The summed E-state index contributed by atoms with van der Waals surface area (Å²) in [4.78, 5) is 23.8. The summed E-state index contributed by atoms with van der Waals surface area (Å²) in [6.07, 6.45) is 1.76. The monoisotopic (exact) mass is 479 g/mol. The smallest absolute Gasteiger partial charge is 0.251 e. The Labute approximate surface area is 181 Å². The first kappa shape index (κ1) is 23.3. The SMILES string of the molecule is N/C(=C\N(N)C(CC(=O)NO)Cc1ccc(Br)cc1)CNC(=O)c1ccc(F)cc1. The zero-order valence-electron chi connectivity index (χ0n) is 16.0. The third-order valence-electron chi connectivity index (χ3n) is 4.23. The quantitative estimate of drug-likeness (QED) is 0.211.